The number of hydrogen-bond acceptors (Lipinski definition) is 4. The largest absolute Gasteiger partial charge is 0.484 e. The lowest BCUT2D eigenvalue weighted by molar-refractivity contribution is -0.119. The molecule has 1 aliphatic heterocycles. The van der Waals surface area contributed by atoms with Crippen molar-refractivity contribution in [1.82, 2.24) is 4.31 Å². The average Bonchev–Trinajstić information content (AvgIpc) is 2.46. The predicted molar refractivity (Wildman–Crippen MR) is 78.5 cm³/mol. The number of nitrogens with two attached hydrogens (primary N) is 1. The van der Waals surface area contributed by atoms with Crippen molar-refractivity contribution in [2.24, 2.45) is 5.73 Å². The van der Waals surface area contributed by atoms with Crippen molar-refractivity contribution in [2.75, 3.05) is 19.7 Å². The standard InChI is InChI=1S/C14H20N2O4S/c1-11-9-12(5-6-13(11)20-10-14(15)17)21(18,19)16-7-3-2-4-8-16/h5-6,9H,2-4,7-8,10H2,1H3,(H2,15,17). The summed E-state index contributed by atoms with van der Waals surface area (Å²) in [6.07, 6.45) is 2.88. The van der Waals surface area contributed by atoms with Crippen molar-refractivity contribution in [3.63, 3.8) is 0 Å². The van der Waals surface area contributed by atoms with Crippen LogP contribution >= 0.6 is 0 Å². The summed E-state index contributed by atoms with van der Waals surface area (Å²) in [4.78, 5) is 11.0. The van der Waals surface area contributed by atoms with E-state index in [4.69, 9.17) is 10.5 Å². The number of aryl methyl sites for hydroxylation is 1. The van der Waals surface area contributed by atoms with Crippen molar-refractivity contribution in [2.45, 2.75) is 31.1 Å². The third-order valence-corrected chi connectivity index (χ3v) is 5.36. The first kappa shape index (κ1) is 15.8. The van der Waals surface area contributed by atoms with Gasteiger partial charge in [-0.05, 0) is 43.5 Å². The van der Waals surface area contributed by atoms with E-state index >= 15 is 0 Å². The third-order valence-electron chi connectivity index (χ3n) is 3.47. The number of ether oxygens (including phenoxy) is 1. The molecule has 1 aromatic rings. The SMILES string of the molecule is Cc1cc(S(=O)(=O)N2CCCCC2)ccc1OCC(N)=O. The fourth-order valence-corrected chi connectivity index (χ4v) is 3.95. The van der Waals surface area contributed by atoms with Crippen molar-refractivity contribution in [3.8, 4) is 5.75 Å². The van der Waals surface area contributed by atoms with Crippen LogP contribution in [0.3, 0.4) is 0 Å². The van der Waals surface area contributed by atoms with Gasteiger partial charge in [-0.1, -0.05) is 6.42 Å². The van der Waals surface area contributed by atoms with E-state index < -0.39 is 15.9 Å². The van der Waals surface area contributed by atoms with E-state index in [0.717, 1.165) is 19.3 Å². The highest BCUT2D eigenvalue weighted by Gasteiger charge is 2.26. The number of amides is 1. The highest BCUT2D eigenvalue weighted by molar-refractivity contribution is 7.89. The van der Waals surface area contributed by atoms with Crippen LogP contribution in [0.1, 0.15) is 24.8 Å². The van der Waals surface area contributed by atoms with Gasteiger partial charge < -0.3 is 10.5 Å². The van der Waals surface area contributed by atoms with Gasteiger partial charge in [0.2, 0.25) is 10.0 Å². The molecule has 0 aliphatic carbocycles. The highest BCUT2D eigenvalue weighted by atomic mass is 32.2. The van der Waals surface area contributed by atoms with Crippen LogP contribution in [-0.4, -0.2) is 38.3 Å². The lowest BCUT2D eigenvalue weighted by Gasteiger charge is -2.26. The first-order valence-electron chi connectivity index (χ1n) is 6.93. The molecular formula is C14H20N2O4S. The van der Waals surface area contributed by atoms with Gasteiger partial charge in [0.15, 0.2) is 6.61 Å². The molecule has 2 N–H and O–H groups in total. The first-order valence-corrected chi connectivity index (χ1v) is 8.37. The topological polar surface area (TPSA) is 89.7 Å². The smallest absolute Gasteiger partial charge is 0.255 e. The summed E-state index contributed by atoms with van der Waals surface area (Å²) in [5.74, 6) is -0.106. The second-order valence-corrected chi connectivity index (χ2v) is 7.08. The van der Waals surface area contributed by atoms with Gasteiger partial charge in [-0.2, -0.15) is 4.31 Å². The summed E-state index contributed by atoms with van der Waals surface area (Å²) in [6, 6.07) is 4.64. The van der Waals surface area contributed by atoms with E-state index in [1.807, 2.05) is 0 Å². The molecule has 0 unspecified atom stereocenters. The molecule has 21 heavy (non-hydrogen) atoms. The molecule has 0 aromatic heterocycles. The lowest BCUT2D eigenvalue weighted by Crippen LogP contribution is -2.35. The van der Waals surface area contributed by atoms with E-state index in [9.17, 15) is 13.2 Å². The second-order valence-electron chi connectivity index (χ2n) is 5.15. The maximum Gasteiger partial charge on any atom is 0.255 e. The number of hydrogen-bond donors (Lipinski definition) is 1. The minimum Gasteiger partial charge on any atom is -0.484 e. The Kier molecular flexibility index (Phi) is 4.84. The Morgan fingerprint density at radius 3 is 2.52 bits per heavy atom. The molecule has 6 nitrogen and oxygen atoms in total. The Labute approximate surface area is 124 Å². The number of rotatable bonds is 5. The van der Waals surface area contributed by atoms with Gasteiger partial charge in [-0.15, -0.1) is 0 Å². The number of piperidine rings is 1. The number of benzene rings is 1. The molecule has 1 aliphatic rings. The first-order chi connectivity index (χ1) is 9.91. The molecular weight excluding hydrogens is 292 g/mol. The summed E-state index contributed by atoms with van der Waals surface area (Å²) in [7, 11) is -3.45. The van der Waals surface area contributed by atoms with Gasteiger partial charge in [0.25, 0.3) is 5.91 Å². The molecule has 0 bridgehead atoms. The Morgan fingerprint density at radius 2 is 1.95 bits per heavy atom. The fraction of sp³-hybridized carbons (Fsp3) is 0.500. The van der Waals surface area contributed by atoms with Gasteiger partial charge in [0.05, 0.1) is 4.90 Å². The molecule has 1 heterocycles. The van der Waals surface area contributed by atoms with E-state index in [1.165, 1.54) is 10.4 Å². The van der Waals surface area contributed by atoms with Gasteiger partial charge in [0.1, 0.15) is 5.75 Å². The van der Waals surface area contributed by atoms with Crippen LogP contribution in [0.4, 0.5) is 0 Å². The molecule has 1 fully saturated rings. The van der Waals surface area contributed by atoms with Crippen molar-refractivity contribution < 1.29 is 17.9 Å². The fourth-order valence-electron chi connectivity index (χ4n) is 2.35. The van der Waals surface area contributed by atoms with Crippen molar-refractivity contribution >= 4 is 15.9 Å². The Morgan fingerprint density at radius 1 is 1.29 bits per heavy atom. The third kappa shape index (κ3) is 3.74. The number of sulfonamides is 1. The highest BCUT2D eigenvalue weighted by Crippen LogP contribution is 2.25. The molecule has 0 atom stereocenters. The Hall–Kier alpha value is -1.60. The summed E-state index contributed by atoms with van der Waals surface area (Å²) in [6.45, 7) is 2.66. The van der Waals surface area contributed by atoms with Crippen LogP contribution in [0.25, 0.3) is 0 Å². The van der Waals surface area contributed by atoms with Crippen LogP contribution in [0.2, 0.25) is 0 Å². The molecule has 0 radical (unpaired) electrons. The zero-order valence-corrected chi connectivity index (χ0v) is 12.9. The zero-order chi connectivity index (χ0) is 15.5. The average molecular weight is 312 g/mol. The van der Waals surface area contributed by atoms with Crippen LogP contribution in [0, 0.1) is 6.92 Å². The molecule has 0 saturated carbocycles. The lowest BCUT2D eigenvalue weighted by atomic mass is 10.2. The Bertz CT molecular complexity index is 622. The number of nitrogens with zero attached hydrogens (tertiary/aromatic N) is 1. The number of primary amides is 1. The summed E-state index contributed by atoms with van der Waals surface area (Å²) >= 11 is 0. The van der Waals surface area contributed by atoms with E-state index in [-0.39, 0.29) is 11.5 Å². The van der Waals surface area contributed by atoms with Crippen LogP contribution in [0.5, 0.6) is 5.75 Å². The molecule has 1 amide bonds. The second kappa shape index (κ2) is 6.44. The zero-order valence-electron chi connectivity index (χ0n) is 12.0. The number of carbonyl (C=O) groups is 1. The van der Waals surface area contributed by atoms with E-state index in [0.29, 0.717) is 24.4 Å². The minimum atomic E-state index is -3.45. The predicted octanol–water partition coefficient (Wildman–Crippen LogP) is 1.03. The van der Waals surface area contributed by atoms with Crippen LogP contribution < -0.4 is 10.5 Å². The Balaban J connectivity index is 2.20. The van der Waals surface area contributed by atoms with Gasteiger partial charge in [-0.3, -0.25) is 4.79 Å². The molecule has 7 heteroatoms. The molecule has 2 rings (SSSR count). The molecule has 116 valence electrons. The van der Waals surface area contributed by atoms with Gasteiger partial charge >= 0.3 is 0 Å². The maximum atomic E-state index is 12.5. The van der Waals surface area contributed by atoms with Crippen molar-refractivity contribution in [3.05, 3.63) is 23.8 Å². The van der Waals surface area contributed by atoms with Gasteiger partial charge in [-0.25, -0.2) is 8.42 Å². The summed E-state index contributed by atoms with van der Waals surface area (Å²) in [5, 5.41) is 0. The summed E-state index contributed by atoms with van der Waals surface area (Å²) in [5.41, 5.74) is 5.68. The molecule has 0 spiro atoms. The van der Waals surface area contributed by atoms with E-state index in [1.54, 1.807) is 19.1 Å². The number of carbonyl (C=O) groups excluding carboxylic acids is 1. The normalized spacial score (nSPS) is 16.6. The van der Waals surface area contributed by atoms with Crippen LogP contribution in [-0.2, 0) is 14.8 Å². The van der Waals surface area contributed by atoms with Crippen LogP contribution in [0.15, 0.2) is 23.1 Å². The molecule has 1 aromatic carbocycles. The van der Waals surface area contributed by atoms with Crippen molar-refractivity contribution in [1.29, 1.82) is 0 Å². The molecule has 1 saturated heterocycles. The minimum absolute atomic E-state index is 0.223. The quantitative estimate of drug-likeness (QED) is 0.879. The summed E-state index contributed by atoms with van der Waals surface area (Å²) < 4.78 is 31.8. The maximum absolute atomic E-state index is 12.5. The van der Waals surface area contributed by atoms with Gasteiger partial charge in [0, 0.05) is 13.1 Å². The monoisotopic (exact) mass is 312 g/mol. The van der Waals surface area contributed by atoms with E-state index in [2.05, 4.69) is 0 Å².